The molecule has 25 heavy (non-hydrogen) atoms. The minimum Gasteiger partial charge on any atom is -0.462 e. The number of carbonyl (C=O) groups is 1. The molecule has 0 amide bonds. The third kappa shape index (κ3) is 3.92. The molecule has 0 spiro atoms. The Kier molecular flexibility index (Phi) is 4.91. The van der Waals surface area contributed by atoms with Gasteiger partial charge in [0.15, 0.2) is 0 Å². The van der Waals surface area contributed by atoms with Crippen molar-refractivity contribution in [2.75, 3.05) is 11.3 Å². The van der Waals surface area contributed by atoms with Crippen LogP contribution in [0.1, 0.15) is 17.3 Å². The number of hydrogen-bond acceptors (Lipinski definition) is 5. The number of hydrogen-bond donors (Lipinski definition) is 2. The maximum absolute atomic E-state index is 12.5. The first-order valence-electron chi connectivity index (χ1n) is 7.52. The van der Waals surface area contributed by atoms with E-state index >= 15 is 0 Å². The van der Waals surface area contributed by atoms with Crippen molar-refractivity contribution in [3.63, 3.8) is 0 Å². The van der Waals surface area contributed by atoms with Crippen LogP contribution < -0.4 is 4.72 Å². The average molecular weight is 376 g/mol. The standard InChI is InChI=1S/C17H16N2O4S2/c1-2-23-17(20)12-3-5-14(6-4-12)19-25(21,22)16-8-7-15(24-16)13-9-10-18-11-13/h3-11,18-19H,2H2,1H3. The summed E-state index contributed by atoms with van der Waals surface area (Å²) in [5.41, 5.74) is 1.69. The zero-order valence-electron chi connectivity index (χ0n) is 13.4. The third-order valence-corrected chi connectivity index (χ3v) is 6.38. The number of carbonyl (C=O) groups excluding carboxylic acids is 1. The lowest BCUT2D eigenvalue weighted by molar-refractivity contribution is 0.0526. The molecule has 0 atom stereocenters. The topological polar surface area (TPSA) is 88.3 Å². The number of rotatable bonds is 6. The number of H-pyrrole nitrogens is 1. The van der Waals surface area contributed by atoms with Crippen LogP contribution in [0.2, 0.25) is 0 Å². The number of benzene rings is 1. The molecule has 3 rings (SSSR count). The molecule has 1 aromatic carbocycles. The maximum Gasteiger partial charge on any atom is 0.338 e. The van der Waals surface area contributed by atoms with Crippen LogP contribution in [0, 0.1) is 0 Å². The van der Waals surface area contributed by atoms with Crippen molar-refractivity contribution >= 4 is 33.0 Å². The van der Waals surface area contributed by atoms with Crippen molar-refractivity contribution in [2.45, 2.75) is 11.1 Å². The van der Waals surface area contributed by atoms with E-state index in [2.05, 4.69) is 9.71 Å². The molecule has 0 aliphatic carbocycles. The van der Waals surface area contributed by atoms with Gasteiger partial charge in [-0.25, -0.2) is 13.2 Å². The number of esters is 1. The molecule has 0 fully saturated rings. The Morgan fingerprint density at radius 3 is 2.56 bits per heavy atom. The largest absolute Gasteiger partial charge is 0.462 e. The molecule has 130 valence electrons. The summed E-state index contributed by atoms with van der Waals surface area (Å²) in [6, 6.07) is 11.3. The number of nitrogens with one attached hydrogen (secondary N) is 2. The van der Waals surface area contributed by atoms with Gasteiger partial charge in [-0.2, -0.15) is 0 Å². The molecule has 0 saturated heterocycles. The molecule has 2 aromatic heterocycles. The maximum atomic E-state index is 12.5. The summed E-state index contributed by atoms with van der Waals surface area (Å²) in [4.78, 5) is 15.4. The molecule has 0 bridgehead atoms. The minimum atomic E-state index is -3.68. The molecule has 0 unspecified atom stereocenters. The van der Waals surface area contributed by atoms with Crippen LogP contribution in [-0.2, 0) is 14.8 Å². The van der Waals surface area contributed by atoms with Gasteiger partial charge in [0, 0.05) is 28.5 Å². The highest BCUT2D eigenvalue weighted by atomic mass is 32.2. The Balaban J connectivity index is 1.76. The van der Waals surface area contributed by atoms with Gasteiger partial charge in [-0.1, -0.05) is 0 Å². The second-order valence-corrected chi connectivity index (χ2v) is 8.11. The van der Waals surface area contributed by atoms with Crippen molar-refractivity contribution in [3.8, 4) is 10.4 Å². The van der Waals surface area contributed by atoms with Gasteiger partial charge in [-0.3, -0.25) is 4.72 Å². The highest BCUT2D eigenvalue weighted by molar-refractivity contribution is 7.94. The summed E-state index contributed by atoms with van der Waals surface area (Å²) in [7, 11) is -3.68. The lowest BCUT2D eigenvalue weighted by Gasteiger charge is -2.07. The van der Waals surface area contributed by atoms with E-state index in [9.17, 15) is 13.2 Å². The van der Waals surface area contributed by atoms with Crippen LogP contribution in [0.25, 0.3) is 10.4 Å². The molecule has 0 aliphatic rings. The summed E-state index contributed by atoms with van der Waals surface area (Å²) in [5.74, 6) is -0.439. The van der Waals surface area contributed by atoms with Crippen LogP contribution >= 0.6 is 11.3 Å². The number of thiophene rings is 1. The van der Waals surface area contributed by atoms with Crippen LogP contribution in [0.4, 0.5) is 5.69 Å². The second kappa shape index (κ2) is 7.12. The van der Waals surface area contributed by atoms with Gasteiger partial charge in [0.05, 0.1) is 12.2 Å². The highest BCUT2D eigenvalue weighted by Gasteiger charge is 2.18. The Labute approximate surface area is 149 Å². The summed E-state index contributed by atoms with van der Waals surface area (Å²) < 4.78 is 32.6. The SMILES string of the molecule is CCOC(=O)c1ccc(NS(=O)(=O)c2ccc(-c3cc[nH]c3)s2)cc1. The van der Waals surface area contributed by atoms with E-state index in [1.165, 1.54) is 35.6 Å². The zero-order chi connectivity index (χ0) is 17.9. The summed E-state index contributed by atoms with van der Waals surface area (Å²) in [6.45, 7) is 2.01. The fourth-order valence-corrected chi connectivity index (χ4v) is 4.55. The van der Waals surface area contributed by atoms with Crippen LogP contribution in [0.5, 0.6) is 0 Å². The third-order valence-electron chi connectivity index (χ3n) is 3.38. The van der Waals surface area contributed by atoms with Crippen LogP contribution in [0.3, 0.4) is 0 Å². The van der Waals surface area contributed by atoms with E-state index in [0.29, 0.717) is 11.3 Å². The smallest absolute Gasteiger partial charge is 0.338 e. The van der Waals surface area contributed by atoms with E-state index in [1.54, 1.807) is 25.3 Å². The minimum absolute atomic E-state index is 0.221. The number of ether oxygens (including phenoxy) is 1. The van der Waals surface area contributed by atoms with E-state index in [4.69, 9.17) is 4.74 Å². The van der Waals surface area contributed by atoms with Gasteiger partial charge in [0.1, 0.15) is 4.21 Å². The Morgan fingerprint density at radius 1 is 1.16 bits per heavy atom. The fraction of sp³-hybridized carbons (Fsp3) is 0.118. The van der Waals surface area contributed by atoms with Gasteiger partial charge in [-0.15, -0.1) is 11.3 Å². The molecule has 2 N–H and O–H groups in total. The number of anilines is 1. The van der Waals surface area contributed by atoms with Crippen molar-refractivity contribution in [2.24, 2.45) is 0 Å². The fourth-order valence-electron chi connectivity index (χ4n) is 2.19. The zero-order valence-corrected chi connectivity index (χ0v) is 15.0. The molecule has 0 radical (unpaired) electrons. The van der Waals surface area contributed by atoms with Crippen molar-refractivity contribution in [3.05, 3.63) is 60.4 Å². The van der Waals surface area contributed by atoms with Gasteiger partial charge < -0.3 is 9.72 Å². The molecule has 3 aromatic rings. The lowest BCUT2D eigenvalue weighted by Crippen LogP contribution is -2.11. The average Bonchev–Trinajstić information content (AvgIpc) is 3.27. The molecular weight excluding hydrogens is 360 g/mol. The number of aromatic nitrogens is 1. The number of aromatic amines is 1. The molecule has 2 heterocycles. The Bertz CT molecular complexity index is 959. The van der Waals surface area contributed by atoms with E-state index in [0.717, 1.165) is 10.4 Å². The van der Waals surface area contributed by atoms with Gasteiger partial charge in [0.2, 0.25) is 0 Å². The second-order valence-electron chi connectivity index (χ2n) is 5.12. The predicted octanol–water partition coefficient (Wildman–Crippen LogP) is 3.72. The summed E-state index contributed by atoms with van der Waals surface area (Å²) in [6.07, 6.45) is 3.59. The quantitative estimate of drug-likeness (QED) is 0.642. The summed E-state index contributed by atoms with van der Waals surface area (Å²) in [5, 5.41) is 0. The van der Waals surface area contributed by atoms with Gasteiger partial charge in [0.25, 0.3) is 10.0 Å². The van der Waals surface area contributed by atoms with Gasteiger partial charge in [-0.05, 0) is 49.4 Å². The lowest BCUT2D eigenvalue weighted by atomic mass is 10.2. The van der Waals surface area contributed by atoms with Crippen molar-refractivity contribution in [1.29, 1.82) is 0 Å². The van der Waals surface area contributed by atoms with Gasteiger partial charge >= 0.3 is 5.97 Å². The molecule has 6 nitrogen and oxygen atoms in total. The first-order valence-corrected chi connectivity index (χ1v) is 9.82. The van der Waals surface area contributed by atoms with Crippen molar-refractivity contribution in [1.82, 2.24) is 4.98 Å². The Morgan fingerprint density at radius 2 is 1.92 bits per heavy atom. The highest BCUT2D eigenvalue weighted by Crippen LogP contribution is 2.31. The molecular formula is C17H16N2O4S2. The molecule has 8 heteroatoms. The first kappa shape index (κ1) is 17.2. The van der Waals surface area contributed by atoms with E-state index in [1.807, 2.05) is 12.3 Å². The number of sulfonamides is 1. The van der Waals surface area contributed by atoms with E-state index in [-0.39, 0.29) is 10.8 Å². The normalized spacial score (nSPS) is 11.2. The van der Waals surface area contributed by atoms with E-state index < -0.39 is 16.0 Å². The molecule has 0 saturated carbocycles. The van der Waals surface area contributed by atoms with Crippen LogP contribution in [0.15, 0.2) is 59.1 Å². The monoisotopic (exact) mass is 376 g/mol. The first-order chi connectivity index (χ1) is 12.0. The Hall–Kier alpha value is -2.58. The molecule has 0 aliphatic heterocycles. The summed E-state index contributed by atoms with van der Waals surface area (Å²) >= 11 is 1.19. The van der Waals surface area contributed by atoms with Crippen molar-refractivity contribution < 1.29 is 17.9 Å². The van der Waals surface area contributed by atoms with Crippen LogP contribution in [-0.4, -0.2) is 26.0 Å². The predicted molar refractivity (Wildman–Crippen MR) is 97.3 cm³/mol.